The summed E-state index contributed by atoms with van der Waals surface area (Å²) in [6, 6.07) is 3.69. The van der Waals surface area contributed by atoms with Crippen LogP contribution in [0.3, 0.4) is 0 Å². The zero-order valence-corrected chi connectivity index (χ0v) is 11.8. The van der Waals surface area contributed by atoms with Gasteiger partial charge < -0.3 is 10.6 Å². The van der Waals surface area contributed by atoms with Crippen LogP contribution in [0.1, 0.15) is 56.3 Å². The third-order valence-corrected chi connectivity index (χ3v) is 3.70. The molecule has 104 valence electrons. The molecule has 2 rings (SSSR count). The summed E-state index contributed by atoms with van der Waals surface area (Å²) in [5, 5.41) is 6.33. The van der Waals surface area contributed by atoms with Crippen molar-refractivity contribution >= 4 is 11.7 Å². The van der Waals surface area contributed by atoms with E-state index in [9.17, 15) is 4.79 Å². The van der Waals surface area contributed by atoms with Gasteiger partial charge in [-0.3, -0.25) is 4.79 Å². The van der Waals surface area contributed by atoms with Crippen molar-refractivity contribution in [2.24, 2.45) is 0 Å². The van der Waals surface area contributed by atoms with E-state index < -0.39 is 0 Å². The Hall–Kier alpha value is -1.58. The average molecular weight is 261 g/mol. The highest BCUT2D eigenvalue weighted by atomic mass is 16.1. The summed E-state index contributed by atoms with van der Waals surface area (Å²) >= 11 is 0. The van der Waals surface area contributed by atoms with E-state index >= 15 is 0 Å². The van der Waals surface area contributed by atoms with E-state index in [1.165, 1.54) is 12.8 Å². The number of pyridine rings is 1. The molecule has 19 heavy (non-hydrogen) atoms. The summed E-state index contributed by atoms with van der Waals surface area (Å²) in [5.41, 5.74) is 0.603. The number of rotatable bonds is 5. The van der Waals surface area contributed by atoms with Crippen LogP contribution in [0.2, 0.25) is 0 Å². The van der Waals surface area contributed by atoms with Crippen molar-refractivity contribution in [3.63, 3.8) is 0 Å². The van der Waals surface area contributed by atoms with Crippen molar-refractivity contribution < 1.29 is 4.79 Å². The largest absolute Gasteiger partial charge is 0.370 e. The Morgan fingerprint density at radius 1 is 1.37 bits per heavy atom. The van der Waals surface area contributed by atoms with Crippen LogP contribution in [-0.2, 0) is 0 Å². The van der Waals surface area contributed by atoms with Crippen molar-refractivity contribution in [3.8, 4) is 0 Å². The number of anilines is 1. The van der Waals surface area contributed by atoms with Gasteiger partial charge in [0.2, 0.25) is 0 Å². The fourth-order valence-corrected chi connectivity index (χ4v) is 2.51. The first-order valence-electron chi connectivity index (χ1n) is 7.15. The quantitative estimate of drug-likeness (QED) is 0.856. The van der Waals surface area contributed by atoms with E-state index in [1.54, 1.807) is 6.20 Å². The zero-order chi connectivity index (χ0) is 13.7. The molecule has 1 aromatic heterocycles. The van der Waals surface area contributed by atoms with E-state index in [-0.39, 0.29) is 11.4 Å². The Bertz CT molecular complexity index is 422. The maximum absolute atomic E-state index is 12.2. The highest BCUT2D eigenvalue weighted by molar-refractivity contribution is 5.94. The minimum atomic E-state index is -0.0315. The molecule has 2 N–H and O–H groups in total. The standard InChI is InChI=1S/C15H23N3O/c1-3-10-16-13-7-6-12(11-17-13)14(19)18-15(2)8-4-5-9-15/h6-7,11H,3-5,8-10H2,1-2H3,(H,16,17)(H,18,19). The topological polar surface area (TPSA) is 54.0 Å². The molecule has 4 nitrogen and oxygen atoms in total. The molecule has 1 aliphatic rings. The summed E-state index contributed by atoms with van der Waals surface area (Å²) in [6.45, 7) is 5.14. The van der Waals surface area contributed by atoms with Gasteiger partial charge in [-0.25, -0.2) is 4.98 Å². The van der Waals surface area contributed by atoms with Crippen molar-refractivity contribution in [2.45, 2.75) is 51.5 Å². The second-order valence-electron chi connectivity index (χ2n) is 5.58. The van der Waals surface area contributed by atoms with Crippen LogP contribution in [0.4, 0.5) is 5.82 Å². The predicted octanol–water partition coefficient (Wildman–Crippen LogP) is 2.97. The van der Waals surface area contributed by atoms with Crippen LogP contribution in [0.25, 0.3) is 0 Å². The minimum absolute atomic E-state index is 0.0149. The monoisotopic (exact) mass is 261 g/mol. The molecule has 0 radical (unpaired) electrons. The second kappa shape index (κ2) is 6.04. The molecule has 0 spiro atoms. The summed E-state index contributed by atoms with van der Waals surface area (Å²) in [6.07, 6.45) is 7.25. The molecule has 1 amide bonds. The molecule has 0 aromatic carbocycles. The molecule has 4 heteroatoms. The lowest BCUT2D eigenvalue weighted by atomic mass is 10.0. The molecule has 0 unspecified atom stereocenters. The van der Waals surface area contributed by atoms with E-state index in [1.807, 2.05) is 12.1 Å². The van der Waals surface area contributed by atoms with E-state index in [0.717, 1.165) is 31.6 Å². The molecule has 1 saturated carbocycles. The van der Waals surface area contributed by atoms with Gasteiger partial charge in [-0.2, -0.15) is 0 Å². The first-order valence-corrected chi connectivity index (χ1v) is 7.15. The summed E-state index contributed by atoms with van der Waals surface area (Å²) < 4.78 is 0. The lowest BCUT2D eigenvalue weighted by Crippen LogP contribution is -2.43. The van der Waals surface area contributed by atoms with Crippen LogP contribution in [-0.4, -0.2) is 23.0 Å². The van der Waals surface area contributed by atoms with Gasteiger partial charge in [0.1, 0.15) is 5.82 Å². The lowest BCUT2D eigenvalue weighted by Gasteiger charge is -2.25. The Balaban J connectivity index is 1.95. The number of carbonyl (C=O) groups excluding carboxylic acids is 1. The Morgan fingerprint density at radius 3 is 2.68 bits per heavy atom. The molecule has 0 aliphatic heterocycles. The number of nitrogens with zero attached hydrogens (tertiary/aromatic N) is 1. The van der Waals surface area contributed by atoms with Gasteiger partial charge in [-0.05, 0) is 38.3 Å². The third-order valence-electron chi connectivity index (χ3n) is 3.70. The fourth-order valence-electron chi connectivity index (χ4n) is 2.51. The van der Waals surface area contributed by atoms with E-state index in [0.29, 0.717) is 5.56 Å². The molecule has 1 fully saturated rings. The first kappa shape index (κ1) is 13.8. The number of hydrogen-bond acceptors (Lipinski definition) is 3. The summed E-state index contributed by atoms with van der Waals surface area (Å²) in [5.74, 6) is 0.810. The van der Waals surface area contributed by atoms with Crippen LogP contribution < -0.4 is 10.6 Å². The van der Waals surface area contributed by atoms with Crippen LogP contribution in [0.15, 0.2) is 18.3 Å². The molecule has 0 bridgehead atoms. The number of hydrogen-bond donors (Lipinski definition) is 2. The molecular formula is C15H23N3O. The molecule has 1 aromatic rings. The Labute approximate surface area is 115 Å². The van der Waals surface area contributed by atoms with Crippen molar-refractivity contribution in [3.05, 3.63) is 23.9 Å². The minimum Gasteiger partial charge on any atom is -0.370 e. The number of nitrogens with one attached hydrogen (secondary N) is 2. The van der Waals surface area contributed by atoms with Gasteiger partial charge in [0.05, 0.1) is 5.56 Å². The van der Waals surface area contributed by atoms with E-state index in [2.05, 4.69) is 29.5 Å². The average Bonchev–Trinajstić information content (AvgIpc) is 2.83. The Kier molecular flexibility index (Phi) is 4.40. The molecular weight excluding hydrogens is 238 g/mol. The van der Waals surface area contributed by atoms with Gasteiger partial charge in [0, 0.05) is 18.3 Å². The second-order valence-corrected chi connectivity index (χ2v) is 5.58. The predicted molar refractivity (Wildman–Crippen MR) is 77.4 cm³/mol. The Morgan fingerprint density at radius 2 is 2.11 bits per heavy atom. The van der Waals surface area contributed by atoms with Crippen LogP contribution in [0.5, 0.6) is 0 Å². The van der Waals surface area contributed by atoms with E-state index in [4.69, 9.17) is 0 Å². The van der Waals surface area contributed by atoms with Crippen LogP contribution >= 0.6 is 0 Å². The fraction of sp³-hybridized carbons (Fsp3) is 0.600. The van der Waals surface area contributed by atoms with Crippen LogP contribution in [0, 0.1) is 0 Å². The van der Waals surface area contributed by atoms with Crippen molar-refractivity contribution in [1.29, 1.82) is 0 Å². The lowest BCUT2D eigenvalue weighted by molar-refractivity contribution is 0.0908. The number of carbonyl (C=O) groups is 1. The summed E-state index contributed by atoms with van der Waals surface area (Å²) in [4.78, 5) is 16.4. The maximum Gasteiger partial charge on any atom is 0.253 e. The SMILES string of the molecule is CCCNc1ccc(C(=O)NC2(C)CCCC2)cn1. The van der Waals surface area contributed by atoms with Gasteiger partial charge in [-0.15, -0.1) is 0 Å². The van der Waals surface area contributed by atoms with Crippen molar-refractivity contribution in [1.82, 2.24) is 10.3 Å². The highest BCUT2D eigenvalue weighted by Gasteiger charge is 2.30. The van der Waals surface area contributed by atoms with Gasteiger partial charge in [0.25, 0.3) is 5.91 Å². The van der Waals surface area contributed by atoms with Gasteiger partial charge in [0.15, 0.2) is 0 Å². The summed E-state index contributed by atoms with van der Waals surface area (Å²) in [7, 11) is 0. The van der Waals surface area contributed by atoms with Gasteiger partial charge >= 0.3 is 0 Å². The smallest absolute Gasteiger partial charge is 0.253 e. The highest BCUT2D eigenvalue weighted by Crippen LogP contribution is 2.29. The normalized spacial score (nSPS) is 17.2. The molecule has 1 heterocycles. The first-order chi connectivity index (χ1) is 9.13. The molecule has 0 saturated heterocycles. The number of amides is 1. The molecule has 1 aliphatic carbocycles. The number of aromatic nitrogens is 1. The maximum atomic E-state index is 12.2. The van der Waals surface area contributed by atoms with Crippen molar-refractivity contribution in [2.75, 3.05) is 11.9 Å². The zero-order valence-electron chi connectivity index (χ0n) is 11.8. The van der Waals surface area contributed by atoms with Gasteiger partial charge in [-0.1, -0.05) is 19.8 Å². The third kappa shape index (κ3) is 3.69. The molecule has 0 atom stereocenters.